The summed E-state index contributed by atoms with van der Waals surface area (Å²) in [4.78, 5) is 14.4. The van der Waals surface area contributed by atoms with Crippen molar-refractivity contribution in [1.29, 1.82) is 0 Å². The zero-order chi connectivity index (χ0) is 13.8. The minimum absolute atomic E-state index is 0.0422. The molecule has 0 aliphatic carbocycles. The molecule has 104 valence electrons. The lowest BCUT2D eigenvalue weighted by atomic mass is 10.0. The molecule has 0 atom stereocenters. The third-order valence-electron chi connectivity index (χ3n) is 3.54. The summed E-state index contributed by atoms with van der Waals surface area (Å²) >= 11 is 3.34. The molecule has 0 aromatic heterocycles. The van der Waals surface area contributed by atoms with Crippen molar-refractivity contribution in [1.82, 2.24) is 10.2 Å². The Bertz CT molecular complexity index is 459. The number of hydrogen-bond donors (Lipinski definition) is 2. The number of amides is 1. The number of aromatic hydroxyl groups is 1. The second-order valence-corrected chi connectivity index (χ2v) is 5.65. The number of phenols is 1. The lowest BCUT2D eigenvalue weighted by Gasteiger charge is -2.34. The molecular formula is C14H19BrN2O2. The van der Waals surface area contributed by atoms with Gasteiger partial charge in [0, 0.05) is 17.1 Å². The first-order valence-corrected chi connectivity index (χ1v) is 7.43. The van der Waals surface area contributed by atoms with Crippen molar-refractivity contribution in [3.05, 3.63) is 28.2 Å². The highest BCUT2D eigenvalue weighted by molar-refractivity contribution is 9.10. The SMILES string of the molecule is CCN(C(=O)c1cc(Br)ccc1O)C1CCNCC1. The molecule has 1 amide bonds. The molecule has 5 heteroatoms. The molecule has 1 fully saturated rings. The number of nitrogens with one attached hydrogen (secondary N) is 1. The quantitative estimate of drug-likeness (QED) is 0.896. The lowest BCUT2D eigenvalue weighted by Crippen LogP contribution is -2.46. The Morgan fingerprint density at radius 3 is 2.79 bits per heavy atom. The number of halogens is 1. The van der Waals surface area contributed by atoms with Gasteiger partial charge in [0.25, 0.3) is 5.91 Å². The Balaban J connectivity index is 2.22. The summed E-state index contributed by atoms with van der Waals surface area (Å²) in [5.41, 5.74) is 0.370. The first-order chi connectivity index (χ1) is 9.13. The molecule has 2 N–H and O–H groups in total. The van der Waals surface area contributed by atoms with Crippen molar-refractivity contribution in [2.45, 2.75) is 25.8 Å². The van der Waals surface area contributed by atoms with E-state index in [0.717, 1.165) is 30.4 Å². The Hall–Kier alpha value is -1.07. The number of benzene rings is 1. The maximum Gasteiger partial charge on any atom is 0.257 e. The summed E-state index contributed by atoms with van der Waals surface area (Å²) in [6.45, 7) is 4.53. The Morgan fingerprint density at radius 1 is 1.47 bits per heavy atom. The van der Waals surface area contributed by atoms with Crippen LogP contribution in [0.25, 0.3) is 0 Å². The predicted molar refractivity (Wildman–Crippen MR) is 78.4 cm³/mol. The van der Waals surface area contributed by atoms with Gasteiger partial charge < -0.3 is 15.3 Å². The van der Waals surface area contributed by atoms with Crippen LogP contribution in [-0.4, -0.2) is 41.6 Å². The van der Waals surface area contributed by atoms with Crippen molar-refractivity contribution in [3.63, 3.8) is 0 Å². The molecular weight excluding hydrogens is 308 g/mol. The average Bonchev–Trinajstić information content (AvgIpc) is 2.43. The van der Waals surface area contributed by atoms with Gasteiger partial charge in [0.05, 0.1) is 5.56 Å². The zero-order valence-electron chi connectivity index (χ0n) is 11.0. The highest BCUT2D eigenvalue weighted by Crippen LogP contribution is 2.25. The van der Waals surface area contributed by atoms with E-state index in [9.17, 15) is 9.90 Å². The smallest absolute Gasteiger partial charge is 0.257 e. The number of nitrogens with zero attached hydrogens (tertiary/aromatic N) is 1. The number of hydrogen-bond acceptors (Lipinski definition) is 3. The van der Waals surface area contributed by atoms with Gasteiger partial charge in [0.1, 0.15) is 5.75 Å². The monoisotopic (exact) mass is 326 g/mol. The Kier molecular flexibility index (Phi) is 4.82. The van der Waals surface area contributed by atoms with E-state index in [1.165, 1.54) is 0 Å². The van der Waals surface area contributed by atoms with Crippen LogP contribution in [0.15, 0.2) is 22.7 Å². The number of carbonyl (C=O) groups excluding carboxylic acids is 1. The molecule has 1 saturated heterocycles. The normalized spacial score (nSPS) is 16.3. The summed E-state index contributed by atoms with van der Waals surface area (Å²) in [6, 6.07) is 5.22. The highest BCUT2D eigenvalue weighted by Gasteiger charge is 2.26. The van der Waals surface area contributed by atoms with Crippen LogP contribution in [0.3, 0.4) is 0 Å². The van der Waals surface area contributed by atoms with Crippen LogP contribution in [0.1, 0.15) is 30.1 Å². The molecule has 1 aliphatic rings. The molecule has 1 aromatic carbocycles. The van der Waals surface area contributed by atoms with Crippen LogP contribution in [-0.2, 0) is 0 Å². The average molecular weight is 327 g/mol. The number of carbonyl (C=O) groups is 1. The molecule has 0 bridgehead atoms. The van der Waals surface area contributed by atoms with E-state index in [1.54, 1.807) is 18.2 Å². The maximum absolute atomic E-state index is 12.6. The molecule has 0 unspecified atom stereocenters. The standard InChI is InChI=1S/C14H19BrN2O2/c1-2-17(11-5-7-16-8-6-11)14(19)12-9-10(15)3-4-13(12)18/h3-4,9,11,16,18H,2,5-8H2,1H3. The van der Waals surface area contributed by atoms with E-state index in [-0.39, 0.29) is 17.7 Å². The van der Waals surface area contributed by atoms with Crippen LogP contribution in [0.5, 0.6) is 5.75 Å². The zero-order valence-corrected chi connectivity index (χ0v) is 12.6. The van der Waals surface area contributed by atoms with Gasteiger partial charge in [0.2, 0.25) is 0 Å². The van der Waals surface area contributed by atoms with E-state index in [2.05, 4.69) is 21.2 Å². The minimum atomic E-state index is -0.0896. The molecule has 2 rings (SSSR count). The first-order valence-electron chi connectivity index (χ1n) is 6.63. The lowest BCUT2D eigenvalue weighted by molar-refractivity contribution is 0.0653. The van der Waals surface area contributed by atoms with E-state index in [0.29, 0.717) is 12.1 Å². The molecule has 1 heterocycles. The summed E-state index contributed by atoms with van der Waals surface area (Å²) < 4.78 is 0.801. The highest BCUT2D eigenvalue weighted by atomic mass is 79.9. The van der Waals surface area contributed by atoms with Crippen LogP contribution < -0.4 is 5.32 Å². The fraction of sp³-hybridized carbons (Fsp3) is 0.500. The van der Waals surface area contributed by atoms with Gasteiger partial charge in [-0.25, -0.2) is 0 Å². The van der Waals surface area contributed by atoms with E-state index >= 15 is 0 Å². The van der Waals surface area contributed by atoms with Crippen LogP contribution >= 0.6 is 15.9 Å². The molecule has 1 aliphatic heterocycles. The molecule has 0 saturated carbocycles. The van der Waals surface area contributed by atoms with E-state index in [4.69, 9.17) is 0 Å². The summed E-state index contributed by atoms with van der Waals surface area (Å²) in [5.74, 6) is -0.0474. The number of phenolic OH excluding ortho intramolecular Hbond substituents is 1. The molecule has 19 heavy (non-hydrogen) atoms. The summed E-state index contributed by atoms with van der Waals surface area (Å²) in [6.07, 6.45) is 1.93. The number of rotatable bonds is 3. The van der Waals surface area contributed by atoms with E-state index in [1.807, 2.05) is 11.8 Å². The summed E-state index contributed by atoms with van der Waals surface area (Å²) in [5, 5.41) is 13.2. The summed E-state index contributed by atoms with van der Waals surface area (Å²) in [7, 11) is 0. The second-order valence-electron chi connectivity index (χ2n) is 4.73. The fourth-order valence-corrected chi connectivity index (χ4v) is 2.88. The van der Waals surface area contributed by atoms with Gasteiger partial charge in [-0.05, 0) is 51.1 Å². The predicted octanol–water partition coefficient (Wildman–Crippen LogP) is 2.37. The third kappa shape index (κ3) is 3.28. The Morgan fingerprint density at radius 2 is 2.16 bits per heavy atom. The van der Waals surface area contributed by atoms with Gasteiger partial charge in [-0.3, -0.25) is 4.79 Å². The van der Waals surface area contributed by atoms with Crippen molar-refractivity contribution in [2.75, 3.05) is 19.6 Å². The molecule has 0 radical (unpaired) electrons. The Labute approximate surface area is 121 Å². The largest absolute Gasteiger partial charge is 0.507 e. The molecule has 0 spiro atoms. The van der Waals surface area contributed by atoms with Crippen LogP contribution in [0.4, 0.5) is 0 Å². The van der Waals surface area contributed by atoms with Crippen LogP contribution in [0.2, 0.25) is 0 Å². The second kappa shape index (κ2) is 6.39. The minimum Gasteiger partial charge on any atom is -0.507 e. The topological polar surface area (TPSA) is 52.6 Å². The third-order valence-corrected chi connectivity index (χ3v) is 4.03. The van der Waals surface area contributed by atoms with Crippen molar-refractivity contribution >= 4 is 21.8 Å². The van der Waals surface area contributed by atoms with Gasteiger partial charge in [-0.1, -0.05) is 15.9 Å². The fourth-order valence-electron chi connectivity index (χ4n) is 2.52. The first kappa shape index (κ1) is 14.3. The van der Waals surface area contributed by atoms with Crippen molar-refractivity contribution < 1.29 is 9.90 Å². The van der Waals surface area contributed by atoms with Crippen LogP contribution in [0, 0.1) is 0 Å². The van der Waals surface area contributed by atoms with Gasteiger partial charge in [0.15, 0.2) is 0 Å². The van der Waals surface area contributed by atoms with Crippen molar-refractivity contribution in [3.8, 4) is 5.75 Å². The van der Waals surface area contributed by atoms with Gasteiger partial charge in [-0.2, -0.15) is 0 Å². The van der Waals surface area contributed by atoms with Gasteiger partial charge in [-0.15, -0.1) is 0 Å². The maximum atomic E-state index is 12.6. The molecule has 4 nitrogen and oxygen atoms in total. The molecule has 1 aromatic rings. The van der Waals surface area contributed by atoms with Gasteiger partial charge >= 0.3 is 0 Å². The van der Waals surface area contributed by atoms with E-state index < -0.39 is 0 Å². The number of piperidine rings is 1. The van der Waals surface area contributed by atoms with Crippen molar-refractivity contribution in [2.24, 2.45) is 0 Å².